The second-order valence-corrected chi connectivity index (χ2v) is 3.59. The predicted octanol–water partition coefficient (Wildman–Crippen LogP) is 1.26. The summed E-state index contributed by atoms with van der Waals surface area (Å²) in [7, 11) is 0. The Morgan fingerprint density at radius 3 is 2.82 bits per heavy atom. The number of aromatic nitrogens is 1. The molecule has 0 unspecified atom stereocenters. The number of nitrogens with zero attached hydrogens (tertiary/aromatic N) is 2. The molecule has 1 aromatic heterocycles. The summed E-state index contributed by atoms with van der Waals surface area (Å²) in [6, 6.07) is 8.78. The van der Waals surface area contributed by atoms with Crippen molar-refractivity contribution in [3.8, 4) is 6.07 Å². The van der Waals surface area contributed by atoms with E-state index in [2.05, 4.69) is 4.42 Å². The average molecular weight is 230 g/mol. The molecule has 0 aliphatic heterocycles. The van der Waals surface area contributed by atoms with Crippen molar-refractivity contribution in [2.75, 3.05) is 0 Å². The molecule has 0 bridgehead atoms. The highest BCUT2D eigenvalue weighted by molar-refractivity contribution is 5.77. The normalized spacial score (nSPS) is 10.3. The van der Waals surface area contributed by atoms with Gasteiger partial charge in [0.05, 0.1) is 17.0 Å². The summed E-state index contributed by atoms with van der Waals surface area (Å²) in [6.07, 6.45) is 0.911. The smallest absolute Gasteiger partial charge is 0.372 e. The molecule has 17 heavy (non-hydrogen) atoms. The van der Waals surface area contributed by atoms with Crippen LogP contribution in [0.3, 0.4) is 0 Å². The molecule has 0 saturated heterocycles. The number of benzene rings is 1. The van der Waals surface area contributed by atoms with Crippen molar-refractivity contribution in [1.29, 1.82) is 5.26 Å². The first kappa shape index (κ1) is 11.1. The Labute approximate surface area is 96.5 Å². The van der Waals surface area contributed by atoms with Gasteiger partial charge in [0.2, 0.25) is 0 Å². The van der Waals surface area contributed by atoms with Gasteiger partial charge in [0.1, 0.15) is 0 Å². The number of unbranched alkanes of at least 4 members (excludes halogenated alkanes) is 1. The highest BCUT2D eigenvalue weighted by Gasteiger charge is 2.07. The maximum Gasteiger partial charge on any atom is 0.422 e. The summed E-state index contributed by atoms with van der Waals surface area (Å²) in [5.41, 5.74) is -0.0752. The molecule has 1 aromatic carbocycles. The van der Waals surface area contributed by atoms with Gasteiger partial charge in [-0.15, -0.1) is 0 Å². The summed E-state index contributed by atoms with van der Waals surface area (Å²) in [6.45, 7) is 0.372. The summed E-state index contributed by atoms with van der Waals surface area (Å²) in [5.74, 6) is -0.674. The van der Waals surface area contributed by atoms with Crippen LogP contribution in [0, 0.1) is 11.3 Å². The number of hydrogen-bond acceptors (Lipinski definition) is 4. The molecule has 86 valence electrons. The van der Waals surface area contributed by atoms with Crippen LogP contribution in [0.25, 0.3) is 10.9 Å². The van der Waals surface area contributed by atoms with Gasteiger partial charge in [0.25, 0.3) is 0 Å². The van der Waals surface area contributed by atoms with Gasteiger partial charge in [-0.25, -0.2) is 9.59 Å². The molecule has 2 aromatic rings. The molecule has 5 nitrogen and oxygen atoms in total. The topological polar surface area (TPSA) is 76.0 Å². The van der Waals surface area contributed by atoms with Gasteiger partial charge >= 0.3 is 11.4 Å². The third-order valence-corrected chi connectivity index (χ3v) is 2.49. The molecule has 0 N–H and O–H groups in total. The Bertz CT molecular complexity index is 691. The van der Waals surface area contributed by atoms with E-state index in [1.54, 1.807) is 24.3 Å². The molecule has 0 saturated carbocycles. The third-order valence-electron chi connectivity index (χ3n) is 2.49. The predicted molar refractivity (Wildman–Crippen MR) is 61.6 cm³/mol. The van der Waals surface area contributed by atoms with Crippen molar-refractivity contribution >= 4 is 10.9 Å². The number of nitriles is 1. The fourth-order valence-electron chi connectivity index (χ4n) is 1.70. The maximum absolute atomic E-state index is 11.6. The zero-order chi connectivity index (χ0) is 12.3. The second kappa shape index (κ2) is 4.66. The SMILES string of the molecule is N#CCCCn1c(=O)oc(=O)c2ccccc21. The van der Waals surface area contributed by atoms with Crippen LogP contribution in [0.1, 0.15) is 12.8 Å². The van der Waals surface area contributed by atoms with Gasteiger partial charge < -0.3 is 4.42 Å². The number of rotatable bonds is 3. The lowest BCUT2D eigenvalue weighted by molar-refractivity contribution is 0.413. The van der Waals surface area contributed by atoms with Crippen molar-refractivity contribution in [2.24, 2.45) is 0 Å². The highest BCUT2D eigenvalue weighted by atomic mass is 16.4. The fourth-order valence-corrected chi connectivity index (χ4v) is 1.70. The third kappa shape index (κ3) is 2.11. The summed E-state index contributed by atoms with van der Waals surface area (Å²) in [5, 5.41) is 8.84. The van der Waals surface area contributed by atoms with Crippen LogP contribution in [0.2, 0.25) is 0 Å². The van der Waals surface area contributed by atoms with Gasteiger partial charge in [0, 0.05) is 13.0 Å². The van der Waals surface area contributed by atoms with Crippen molar-refractivity contribution in [3.63, 3.8) is 0 Å². The Morgan fingerprint density at radius 2 is 2.06 bits per heavy atom. The van der Waals surface area contributed by atoms with Crippen LogP contribution in [-0.2, 0) is 6.54 Å². The van der Waals surface area contributed by atoms with Crippen LogP contribution < -0.4 is 11.4 Å². The molecule has 0 aliphatic rings. The van der Waals surface area contributed by atoms with Crippen LogP contribution >= 0.6 is 0 Å². The molecule has 0 atom stereocenters. The van der Waals surface area contributed by atoms with Crippen LogP contribution in [0.5, 0.6) is 0 Å². The van der Waals surface area contributed by atoms with E-state index in [-0.39, 0.29) is 0 Å². The molecule has 5 heteroatoms. The van der Waals surface area contributed by atoms with Crippen molar-refractivity contribution < 1.29 is 4.42 Å². The monoisotopic (exact) mass is 230 g/mol. The summed E-state index contributed by atoms with van der Waals surface area (Å²) < 4.78 is 6.00. The lowest BCUT2D eigenvalue weighted by Crippen LogP contribution is -2.25. The largest absolute Gasteiger partial charge is 0.422 e. The maximum atomic E-state index is 11.6. The minimum absolute atomic E-state index is 0.361. The van der Waals surface area contributed by atoms with Gasteiger partial charge in [-0.05, 0) is 18.6 Å². The zero-order valence-corrected chi connectivity index (χ0v) is 9.05. The first-order chi connectivity index (χ1) is 8.24. The Balaban J connectivity index is 2.58. The van der Waals surface area contributed by atoms with Gasteiger partial charge in [-0.1, -0.05) is 12.1 Å². The number of aryl methyl sites for hydroxylation is 1. The number of hydrogen-bond donors (Lipinski definition) is 0. The minimum Gasteiger partial charge on any atom is -0.372 e. The molecule has 1 heterocycles. The molecule has 0 fully saturated rings. The summed E-state index contributed by atoms with van der Waals surface area (Å²) in [4.78, 5) is 23.0. The second-order valence-electron chi connectivity index (χ2n) is 3.59. The molecule has 0 amide bonds. The van der Waals surface area contributed by atoms with Crippen LogP contribution in [0.4, 0.5) is 0 Å². The van der Waals surface area contributed by atoms with Crippen LogP contribution in [0.15, 0.2) is 38.3 Å². The molecular formula is C12H10N2O3. The standard InChI is InChI=1S/C12H10N2O3/c13-7-3-4-8-14-10-6-2-1-5-9(10)11(15)17-12(14)16/h1-2,5-6H,3-4,8H2. The van der Waals surface area contributed by atoms with E-state index in [0.717, 1.165) is 0 Å². The zero-order valence-electron chi connectivity index (χ0n) is 9.05. The molecule has 0 spiro atoms. The van der Waals surface area contributed by atoms with Gasteiger partial charge in [-0.2, -0.15) is 5.26 Å². The lowest BCUT2D eigenvalue weighted by atomic mass is 10.2. The molecule has 2 rings (SSSR count). The van der Waals surface area contributed by atoms with Crippen molar-refractivity contribution in [3.05, 3.63) is 45.2 Å². The Hall–Kier alpha value is -2.35. The Kier molecular flexibility index (Phi) is 3.06. The summed E-state index contributed by atoms with van der Waals surface area (Å²) >= 11 is 0. The minimum atomic E-state index is -0.674. The number of para-hydroxylation sites is 1. The van der Waals surface area contributed by atoms with E-state index in [0.29, 0.717) is 30.3 Å². The van der Waals surface area contributed by atoms with E-state index in [4.69, 9.17) is 5.26 Å². The highest BCUT2D eigenvalue weighted by Crippen LogP contribution is 2.08. The van der Waals surface area contributed by atoms with Gasteiger partial charge in [0.15, 0.2) is 0 Å². The van der Waals surface area contributed by atoms with E-state index in [1.807, 2.05) is 6.07 Å². The number of fused-ring (bicyclic) bond motifs is 1. The molecule has 0 aliphatic carbocycles. The quantitative estimate of drug-likeness (QED) is 0.744. The fraction of sp³-hybridized carbons (Fsp3) is 0.250. The van der Waals surface area contributed by atoms with Crippen molar-refractivity contribution in [1.82, 2.24) is 4.57 Å². The first-order valence-electron chi connectivity index (χ1n) is 5.23. The molecule has 0 radical (unpaired) electrons. The average Bonchev–Trinajstić information content (AvgIpc) is 2.33. The van der Waals surface area contributed by atoms with Crippen molar-refractivity contribution in [2.45, 2.75) is 19.4 Å². The lowest BCUT2D eigenvalue weighted by Gasteiger charge is -2.06. The van der Waals surface area contributed by atoms with Crippen LogP contribution in [-0.4, -0.2) is 4.57 Å². The molecular weight excluding hydrogens is 220 g/mol. The van der Waals surface area contributed by atoms with E-state index < -0.39 is 11.4 Å². The van der Waals surface area contributed by atoms with Gasteiger partial charge in [-0.3, -0.25) is 4.57 Å². The van der Waals surface area contributed by atoms with E-state index in [9.17, 15) is 9.59 Å². The first-order valence-corrected chi connectivity index (χ1v) is 5.23. The van der Waals surface area contributed by atoms with E-state index in [1.165, 1.54) is 4.57 Å². The Morgan fingerprint density at radius 1 is 1.29 bits per heavy atom. The van der Waals surface area contributed by atoms with E-state index >= 15 is 0 Å².